The molecule has 0 unspecified atom stereocenters. The molecule has 52 heavy (non-hydrogen) atoms. The second kappa shape index (κ2) is 15.2. The van der Waals surface area contributed by atoms with E-state index in [-0.39, 0.29) is 28.3 Å². The molecule has 7 heteroatoms. The van der Waals surface area contributed by atoms with Gasteiger partial charge in [0, 0.05) is 67.3 Å². The SMILES string of the molecule is CC(C)c1cccc(C(C)C)c1N1[CH-]N(c2c(C(C)C)cccc2C(C)C)c2ccccc2C1=O.[Au].c1ccc2c(c1)nc1[n-]c3ccccc3n12. The Morgan fingerprint density at radius 1 is 0.558 bits per heavy atom. The molecular weight excluding hydrogens is 823 g/mol. The van der Waals surface area contributed by atoms with E-state index in [4.69, 9.17) is 0 Å². The number of aromatic nitrogens is 3. The Hall–Kier alpha value is -4.62. The summed E-state index contributed by atoms with van der Waals surface area (Å²) >= 11 is 0. The number of anilines is 3. The van der Waals surface area contributed by atoms with Gasteiger partial charge < -0.3 is 24.2 Å². The summed E-state index contributed by atoms with van der Waals surface area (Å²) in [6, 6.07) is 37.3. The van der Waals surface area contributed by atoms with Crippen molar-refractivity contribution >= 4 is 50.8 Å². The molecule has 0 bridgehead atoms. The Kier molecular flexibility index (Phi) is 10.8. The number of fused-ring (bicyclic) bond motifs is 6. The molecule has 0 saturated carbocycles. The molecular formula is C45H47AuN5O-2. The van der Waals surface area contributed by atoms with Crippen molar-refractivity contribution in [3.05, 3.63) is 144 Å². The summed E-state index contributed by atoms with van der Waals surface area (Å²) in [5.41, 5.74) is 13.1. The van der Waals surface area contributed by atoms with Crippen LogP contribution in [0.25, 0.3) is 27.8 Å². The van der Waals surface area contributed by atoms with Crippen LogP contribution in [-0.2, 0) is 22.4 Å². The average Bonchev–Trinajstić information content (AvgIpc) is 3.68. The van der Waals surface area contributed by atoms with Gasteiger partial charge in [-0.3, -0.25) is 4.79 Å². The van der Waals surface area contributed by atoms with E-state index in [9.17, 15) is 4.79 Å². The van der Waals surface area contributed by atoms with Gasteiger partial charge in [-0.15, -0.1) is 6.67 Å². The molecule has 3 heterocycles. The van der Waals surface area contributed by atoms with Gasteiger partial charge in [-0.2, -0.15) is 0 Å². The summed E-state index contributed by atoms with van der Waals surface area (Å²) < 4.78 is 2.10. The quantitative estimate of drug-likeness (QED) is 0.123. The molecule has 0 spiro atoms. The van der Waals surface area contributed by atoms with E-state index in [0.717, 1.165) is 44.8 Å². The third-order valence-electron chi connectivity index (χ3n) is 9.90. The number of imidazole rings is 2. The van der Waals surface area contributed by atoms with E-state index in [1.165, 1.54) is 27.9 Å². The molecule has 0 N–H and O–H groups in total. The fourth-order valence-corrected chi connectivity index (χ4v) is 7.32. The number of carbonyl (C=O) groups is 1. The summed E-state index contributed by atoms with van der Waals surface area (Å²) in [4.78, 5) is 27.2. The third-order valence-corrected chi connectivity index (χ3v) is 9.90. The Morgan fingerprint density at radius 3 is 1.62 bits per heavy atom. The maximum Gasteiger partial charge on any atom is 0.232 e. The molecule has 0 fully saturated rings. The smallest absolute Gasteiger partial charge is 0.232 e. The van der Waals surface area contributed by atoms with Crippen LogP contribution < -0.4 is 14.8 Å². The first kappa shape index (κ1) is 37.1. The zero-order valence-electron chi connectivity index (χ0n) is 31.2. The maximum atomic E-state index is 14.0. The van der Waals surface area contributed by atoms with Crippen molar-refractivity contribution in [3.8, 4) is 0 Å². The number of hydrogen-bond donors (Lipinski definition) is 0. The number of carbonyl (C=O) groups excluding carboxylic acids is 1. The van der Waals surface area contributed by atoms with Crippen LogP contribution in [0.5, 0.6) is 0 Å². The van der Waals surface area contributed by atoms with Crippen LogP contribution in [0.2, 0.25) is 0 Å². The molecule has 0 saturated heterocycles. The van der Waals surface area contributed by atoms with Crippen LogP contribution in [0.4, 0.5) is 17.1 Å². The summed E-state index contributed by atoms with van der Waals surface area (Å²) in [7, 11) is 0. The predicted molar refractivity (Wildman–Crippen MR) is 212 cm³/mol. The van der Waals surface area contributed by atoms with Crippen molar-refractivity contribution in [2.24, 2.45) is 0 Å². The van der Waals surface area contributed by atoms with E-state index in [1.807, 2.05) is 66.2 Å². The van der Waals surface area contributed by atoms with Gasteiger partial charge >= 0.3 is 0 Å². The van der Waals surface area contributed by atoms with Crippen molar-refractivity contribution in [1.82, 2.24) is 14.4 Å². The number of amides is 1. The van der Waals surface area contributed by atoms with Crippen LogP contribution in [-0.4, -0.2) is 15.3 Å². The molecule has 6 nitrogen and oxygen atoms in total. The van der Waals surface area contributed by atoms with Gasteiger partial charge in [0.15, 0.2) is 0 Å². The number of benzene rings is 5. The fourth-order valence-electron chi connectivity index (χ4n) is 7.32. The number of para-hydroxylation sites is 7. The van der Waals surface area contributed by atoms with E-state index in [1.54, 1.807) is 0 Å². The predicted octanol–water partition coefficient (Wildman–Crippen LogP) is 11.7. The Labute approximate surface area is 323 Å². The Balaban J connectivity index is 0.000000225. The minimum Gasteiger partial charge on any atom is -0.474 e. The molecule has 0 atom stereocenters. The molecule has 271 valence electrons. The van der Waals surface area contributed by atoms with Crippen LogP contribution in [0.15, 0.2) is 109 Å². The van der Waals surface area contributed by atoms with Crippen LogP contribution in [0.1, 0.15) is 112 Å². The van der Waals surface area contributed by atoms with Gasteiger partial charge in [0.1, 0.15) is 0 Å². The van der Waals surface area contributed by atoms with Crippen LogP contribution in [0, 0.1) is 6.67 Å². The van der Waals surface area contributed by atoms with E-state index < -0.39 is 0 Å². The molecule has 8 rings (SSSR count). The van der Waals surface area contributed by atoms with E-state index in [2.05, 4.69) is 129 Å². The number of nitrogens with zero attached hydrogens (tertiary/aromatic N) is 5. The zero-order valence-corrected chi connectivity index (χ0v) is 33.4. The topological polar surface area (TPSA) is 55.0 Å². The van der Waals surface area contributed by atoms with E-state index >= 15 is 0 Å². The molecule has 1 radical (unpaired) electrons. The maximum absolute atomic E-state index is 14.0. The third kappa shape index (κ3) is 6.60. The van der Waals surface area contributed by atoms with Crippen LogP contribution in [0.3, 0.4) is 0 Å². The number of hydrogen-bond acceptors (Lipinski definition) is 3. The molecule has 5 aromatic carbocycles. The van der Waals surface area contributed by atoms with Crippen molar-refractivity contribution in [2.75, 3.05) is 9.80 Å². The second-order valence-electron chi connectivity index (χ2n) is 14.7. The van der Waals surface area contributed by atoms with E-state index in [0.29, 0.717) is 23.7 Å². The van der Waals surface area contributed by atoms with Crippen molar-refractivity contribution in [2.45, 2.75) is 79.1 Å². The standard InChI is InChI=1S/C32H39N2O.C13H8N3.Au/c1-20(2)24-14-11-15-25(21(3)4)30(24)33-19-34(32(35)28-13-9-10-18-29(28)33)31-26(22(5)6)16-12-17-27(31)23(7)8;1-3-7-11-9(5-1)14-13-15-10-6-2-4-8-12(10)16(11)13;/h9-23H,1-8H3;1-8H;/q2*-1;. The summed E-state index contributed by atoms with van der Waals surface area (Å²) in [6.07, 6.45) is 0. The summed E-state index contributed by atoms with van der Waals surface area (Å²) in [5.74, 6) is 2.10. The van der Waals surface area contributed by atoms with Gasteiger partial charge in [0.05, 0.1) is 5.56 Å². The zero-order chi connectivity index (χ0) is 36.0. The monoisotopic (exact) mass is 870 g/mol. The van der Waals surface area contributed by atoms with Crippen molar-refractivity contribution in [3.63, 3.8) is 0 Å². The molecule has 1 aliphatic rings. The molecule has 0 aliphatic carbocycles. The van der Waals surface area contributed by atoms with Gasteiger partial charge in [0.25, 0.3) is 0 Å². The molecule has 7 aromatic rings. The van der Waals surface area contributed by atoms with Gasteiger partial charge in [0.2, 0.25) is 5.91 Å². The summed E-state index contributed by atoms with van der Waals surface area (Å²) in [5, 5.41) is 0. The minimum atomic E-state index is 0. The second-order valence-corrected chi connectivity index (χ2v) is 14.7. The first-order chi connectivity index (χ1) is 24.6. The van der Waals surface area contributed by atoms with Gasteiger partial charge in [-0.1, -0.05) is 152 Å². The molecule has 1 aliphatic heterocycles. The fraction of sp³-hybridized carbons (Fsp3) is 0.267. The minimum absolute atomic E-state index is 0. The Morgan fingerprint density at radius 2 is 1.04 bits per heavy atom. The molecule has 2 aromatic heterocycles. The summed E-state index contributed by atoms with van der Waals surface area (Å²) in [6.45, 7) is 19.8. The number of rotatable bonds is 6. The largest absolute Gasteiger partial charge is 0.474 e. The average molecular weight is 871 g/mol. The molecule has 1 amide bonds. The van der Waals surface area contributed by atoms with Gasteiger partial charge in [-0.05, 0) is 58.1 Å². The van der Waals surface area contributed by atoms with Crippen molar-refractivity contribution < 1.29 is 27.2 Å². The first-order valence-electron chi connectivity index (χ1n) is 18.2. The Bertz CT molecular complexity index is 2250. The normalized spacial score (nSPS) is 13.0. The van der Waals surface area contributed by atoms with Gasteiger partial charge in [-0.25, -0.2) is 0 Å². The van der Waals surface area contributed by atoms with Crippen LogP contribution >= 0.6 is 0 Å². The van der Waals surface area contributed by atoms with Crippen molar-refractivity contribution in [1.29, 1.82) is 0 Å². The first-order valence-corrected chi connectivity index (χ1v) is 18.2.